The van der Waals surface area contributed by atoms with Crippen LogP contribution in [-0.2, 0) is 9.53 Å². The number of nitrogens with zero attached hydrogens (tertiary/aromatic N) is 2. The molecule has 0 fully saturated rings. The Hall–Kier alpha value is -3.74. The van der Waals surface area contributed by atoms with Gasteiger partial charge in [-0.25, -0.2) is 9.79 Å². The van der Waals surface area contributed by atoms with Crippen LogP contribution in [0.25, 0.3) is 12.2 Å². The smallest absolute Gasteiger partial charge is 0.363 e. The molecule has 0 aliphatic carbocycles. The Kier molecular flexibility index (Phi) is 4.89. The van der Waals surface area contributed by atoms with E-state index < -0.39 is 10.9 Å². The van der Waals surface area contributed by atoms with Crippen molar-refractivity contribution < 1.29 is 19.2 Å². The molecule has 0 radical (unpaired) electrons. The van der Waals surface area contributed by atoms with Crippen LogP contribution in [0, 0.1) is 10.1 Å². The van der Waals surface area contributed by atoms with Gasteiger partial charge in [-0.1, -0.05) is 30.3 Å². The van der Waals surface area contributed by atoms with Gasteiger partial charge in [0.15, 0.2) is 5.70 Å². The normalized spacial score (nSPS) is 15.2. The standard InChI is InChI=1S/C19H14N2O5/c1-25-17-8-3-2-6-14(17)12-16-19(22)26-18(20-16)10-9-13-5-4-7-15(11-13)21(23)24/h2-12H,1H3/b10-9+,16-12-. The second kappa shape index (κ2) is 7.43. The fourth-order valence-corrected chi connectivity index (χ4v) is 2.34. The van der Waals surface area contributed by atoms with Gasteiger partial charge in [0.25, 0.3) is 5.69 Å². The summed E-state index contributed by atoms with van der Waals surface area (Å²) in [6, 6.07) is 13.3. The molecule has 1 heterocycles. The van der Waals surface area contributed by atoms with Gasteiger partial charge in [-0.2, -0.15) is 0 Å². The quantitative estimate of drug-likeness (QED) is 0.355. The zero-order valence-electron chi connectivity index (χ0n) is 13.8. The molecule has 7 nitrogen and oxygen atoms in total. The van der Waals surface area contributed by atoms with E-state index in [9.17, 15) is 14.9 Å². The Bertz CT molecular complexity index is 960. The number of nitro groups is 1. The molecule has 0 N–H and O–H groups in total. The number of nitro benzene ring substituents is 1. The van der Waals surface area contributed by atoms with Crippen molar-refractivity contribution in [1.29, 1.82) is 0 Å². The number of hydrogen-bond donors (Lipinski definition) is 0. The number of carbonyl (C=O) groups excluding carboxylic acids is 1. The minimum absolute atomic E-state index is 0.0192. The average Bonchev–Trinajstić information content (AvgIpc) is 3.00. The van der Waals surface area contributed by atoms with E-state index in [4.69, 9.17) is 9.47 Å². The summed E-state index contributed by atoms with van der Waals surface area (Å²) in [4.78, 5) is 26.4. The molecule has 0 bridgehead atoms. The van der Waals surface area contributed by atoms with E-state index in [-0.39, 0.29) is 17.3 Å². The van der Waals surface area contributed by atoms with Gasteiger partial charge in [0, 0.05) is 23.8 Å². The zero-order valence-corrected chi connectivity index (χ0v) is 13.8. The first-order valence-corrected chi connectivity index (χ1v) is 7.65. The first kappa shape index (κ1) is 17.1. The molecule has 130 valence electrons. The van der Waals surface area contributed by atoms with E-state index in [0.717, 1.165) is 0 Å². The predicted molar refractivity (Wildman–Crippen MR) is 96.6 cm³/mol. The minimum atomic E-state index is -0.574. The second-order valence-electron chi connectivity index (χ2n) is 5.30. The van der Waals surface area contributed by atoms with Crippen molar-refractivity contribution in [2.75, 3.05) is 7.11 Å². The van der Waals surface area contributed by atoms with Crippen LogP contribution in [0.15, 0.2) is 65.3 Å². The Morgan fingerprint density at radius 1 is 1.15 bits per heavy atom. The van der Waals surface area contributed by atoms with Crippen LogP contribution in [0.1, 0.15) is 11.1 Å². The number of hydrogen-bond acceptors (Lipinski definition) is 6. The predicted octanol–water partition coefficient (Wildman–Crippen LogP) is 3.61. The Balaban J connectivity index is 1.83. The lowest BCUT2D eigenvalue weighted by Gasteiger charge is -2.03. The molecular formula is C19H14N2O5. The fraction of sp³-hybridized carbons (Fsp3) is 0.0526. The molecule has 26 heavy (non-hydrogen) atoms. The maximum absolute atomic E-state index is 12.0. The minimum Gasteiger partial charge on any atom is -0.496 e. The lowest BCUT2D eigenvalue weighted by atomic mass is 10.1. The van der Waals surface area contributed by atoms with Crippen molar-refractivity contribution in [2.45, 2.75) is 0 Å². The molecule has 0 saturated carbocycles. The molecule has 0 atom stereocenters. The van der Waals surface area contributed by atoms with Crippen molar-refractivity contribution in [1.82, 2.24) is 0 Å². The lowest BCUT2D eigenvalue weighted by molar-refractivity contribution is -0.384. The molecule has 1 aliphatic heterocycles. The molecule has 7 heteroatoms. The van der Waals surface area contributed by atoms with Crippen LogP contribution in [0.2, 0.25) is 0 Å². The first-order valence-electron chi connectivity index (χ1n) is 7.65. The Labute approximate surface area is 149 Å². The summed E-state index contributed by atoms with van der Waals surface area (Å²) < 4.78 is 10.3. The van der Waals surface area contributed by atoms with Gasteiger partial charge in [-0.3, -0.25) is 10.1 Å². The number of benzene rings is 2. The van der Waals surface area contributed by atoms with E-state index in [2.05, 4.69) is 4.99 Å². The van der Waals surface area contributed by atoms with Gasteiger partial charge in [0.1, 0.15) is 5.75 Å². The highest BCUT2D eigenvalue weighted by Crippen LogP contribution is 2.23. The van der Waals surface area contributed by atoms with E-state index in [0.29, 0.717) is 16.9 Å². The number of para-hydroxylation sites is 1. The summed E-state index contributed by atoms with van der Waals surface area (Å²) in [6.07, 6.45) is 4.65. The average molecular weight is 350 g/mol. The number of ether oxygens (including phenoxy) is 2. The molecule has 2 aromatic rings. The molecular weight excluding hydrogens is 336 g/mol. The van der Waals surface area contributed by atoms with Crippen molar-refractivity contribution >= 4 is 29.7 Å². The van der Waals surface area contributed by atoms with Crippen LogP contribution in [0.4, 0.5) is 5.69 Å². The number of carbonyl (C=O) groups is 1. The van der Waals surface area contributed by atoms with E-state index in [1.165, 1.54) is 18.2 Å². The Morgan fingerprint density at radius 3 is 2.73 bits per heavy atom. The molecule has 0 saturated heterocycles. The van der Waals surface area contributed by atoms with Crippen LogP contribution < -0.4 is 4.74 Å². The van der Waals surface area contributed by atoms with Crippen molar-refractivity contribution in [2.24, 2.45) is 4.99 Å². The van der Waals surface area contributed by atoms with Gasteiger partial charge in [0.2, 0.25) is 5.90 Å². The summed E-state index contributed by atoms with van der Waals surface area (Å²) in [5.74, 6) is 0.154. The van der Waals surface area contributed by atoms with Crippen molar-refractivity contribution in [3.8, 4) is 5.75 Å². The number of methoxy groups -OCH3 is 1. The highest BCUT2D eigenvalue weighted by Gasteiger charge is 2.21. The number of cyclic esters (lactones) is 1. The molecule has 0 spiro atoms. The van der Waals surface area contributed by atoms with E-state index >= 15 is 0 Å². The summed E-state index contributed by atoms with van der Waals surface area (Å²) in [5.41, 5.74) is 1.43. The molecule has 0 amide bonds. The SMILES string of the molecule is COc1ccccc1/C=C1N=C(/C=C/c2cccc([N+](=O)[O-])c2)OC\1=O. The number of esters is 1. The van der Waals surface area contributed by atoms with Crippen LogP contribution >= 0.6 is 0 Å². The third-order valence-corrected chi connectivity index (χ3v) is 3.57. The number of aliphatic imine (C=N–C) groups is 1. The van der Waals surface area contributed by atoms with Crippen molar-refractivity contribution in [3.05, 3.63) is 81.5 Å². The van der Waals surface area contributed by atoms with Crippen LogP contribution in [-0.4, -0.2) is 23.9 Å². The maximum Gasteiger partial charge on any atom is 0.363 e. The van der Waals surface area contributed by atoms with E-state index in [1.807, 2.05) is 12.1 Å². The lowest BCUT2D eigenvalue weighted by Crippen LogP contribution is -2.01. The monoisotopic (exact) mass is 350 g/mol. The largest absolute Gasteiger partial charge is 0.496 e. The Morgan fingerprint density at radius 2 is 1.96 bits per heavy atom. The third kappa shape index (κ3) is 3.84. The summed E-state index contributed by atoms with van der Waals surface area (Å²) in [6.45, 7) is 0. The maximum atomic E-state index is 12.0. The van der Waals surface area contributed by atoms with E-state index in [1.54, 1.807) is 43.5 Å². The van der Waals surface area contributed by atoms with Crippen LogP contribution in [0.3, 0.4) is 0 Å². The molecule has 1 aliphatic rings. The van der Waals surface area contributed by atoms with Crippen molar-refractivity contribution in [3.63, 3.8) is 0 Å². The van der Waals surface area contributed by atoms with Gasteiger partial charge < -0.3 is 9.47 Å². The number of non-ortho nitro benzene ring substituents is 1. The van der Waals surface area contributed by atoms with Crippen LogP contribution in [0.5, 0.6) is 5.75 Å². The first-order chi connectivity index (χ1) is 12.6. The second-order valence-corrected chi connectivity index (χ2v) is 5.30. The summed E-state index contributed by atoms with van der Waals surface area (Å²) >= 11 is 0. The highest BCUT2D eigenvalue weighted by atomic mass is 16.6. The zero-order chi connectivity index (χ0) is 18.5. The highest BCUT2D eigenvalue weighted by molar-refractivity contribution is 6.11. The molecule has 2 aromatic carbocycles. The van der Waals surface area contributed by atoms with Gasteiger partial charge in [0.05, 0.1) is 12.0 Å². The summed E-state index contributed by atoms with van der Waals surface area (Å²) in [5, 5.41) is 10.8. The number of rotatable bonds is 5. The molecule has 0 aromatic heterocycles. The van der Waals surface area contributed by atoms with Gasteiger partial charge in [-0.15, -0.1) is 0 Å². The molecule has 3 rings (SSSR count). The molecule has 0 unspecified atom stereocenters. The van der Waals surface area contributed by atoms with Gasteiger partial charge in [-0.05, 0) is 23.8 Å². The fourth-order valence-electron chi connectivity index (χ4n) is 2.34. The summed E-state index contributed by atoms with van der Waals surface area (Å²) in [7, 11) is 1.54. The third-order valence-electron chi connectivity index (χ3n) is 3.57. The van der Waals surface area contributed by atoms with Gasteiger partial charge >= 0.3 is 5.97 Å². The topological polar surface area (TPSA) is 91.0 Å².